The summed E-state index contributed by atoms with van der Waals surface area (Å²) >= 11 is 0. The highest BCUT2D eigenvalue weighted by molar-refractivity contribution is 5.89. The molecule has 174 valence electrons. The van der Waals surface area contributed by atoms with E-state index in [9.17, 15) is 0 Å². The first-order chi connectivity index (χ1) is 16.5. The Morgan fingerprint density at radius 3 is 2.56 bits per heavy atom. The highest BCUT2D eigenvalue weighted by Crippen LogP contribution is 2.27. The monoisotopic (exact) mass is 451 g/mol. The van der Waals surface area contributed by atoms with Crippen molar-refractivity contribution in [1.29, 1.82) is 0 Å². The molecule has 0 atom stereocenters. The summed E-state index contributed by atoms with van der Waals surface area (Å²) in [7, 11) is 0. The molecule has 0 saturated carbocycles. The zero-order valence-electron chi connectivity index (χ0n) is 20.1. The summed E-state index contributed by atoms with van der Waals surface area (Å²) in [5, 5.41) is 13.6. The molecule has 2 aromatic carbocycles. The number of nitrogens with zero attached hydrogens (tertiary/aromatic N) is 3. The predicted molar refractivity (Wildman–Crippen MR) is 142 cm³/mol. The van der Waals surface area contributed by atoms with Gasteiger partial charge in [0.05, 0.1) is 6.20 Å². The van der Waals surface area contributed by atoms with E-state index in [2.05, 4.69) is 95.9 Å². The van der Waals surface area contributed by atoms with Gasteiger partial charge in [0.2, 0.25) is 0 Å². The average Bonchev–Trinajstić information content (AvgIpc) is 3.36. The number of nitrogens with one attached hydrogen (secondary N) is 2. The fourth-order valence-electron chi connectivity index (χ4n) is 4.65. The van der Waals surface area contributed by atoms with Gasteiger partial charge in [-0.15, -0.1) is 0 Å². The van der Waals surface area contributed by atoms with E-state index in [0.29, 0.717) is 6.04 Å². The minimum Gasteiger partial charge on any atom is -0.340 e. The van der Waals surface area contributed by atoms with E-state index >= 15 is 0 Å². The summed E-state index contributed by atoms with van der Waals surface area (Å²) in [6.45, 7) is 10.8. The Bertz CT molecular complexity index is 1280. The molecule has 0 amide bonds. The third-order valence-electron chi connectivity index (χ3n) is 6.75. The summed E-state index contributed by atoms with van der Waals surface area (Å²) in [6, 6.07) is 17.7. The Hall–Kier alpha value is -3.44. The maximum Gasteiger partial charge on any atom is 0.130 e. The van der Waals surface area contributed by atoms with Gasteiger partial charge in [0.1, 0.15) is 5.82 Å². The lowest BCUT2D eigenvalue weighted by atomic mass is 9.90. The Morgan fingerprint density at radius 1 is 1.03 bits per heavy atom. The third-order valence-corrected chi connectivity index (χ3v) is 6.75. The smallest absolute Gasteiger partial charge is 0.130 e. The number of aromatic nitrogens is 3. The zero-order chi connectivity index (χ0) is 23.5. The third kappa shape index (κ3) is 5.05. The molecule has 34 heavy (non-hydrogen) atoms. The van der Waals surface area contributed by atoms with E-state index in [0.717, 1.165) is 64.4 Å². The fourth-order valence-corrected chi connectivity index (χ4v) is 4.65. The van der Waals surface area contributed by atoms with Crippen LogP contribution in [0.15, 0.2) is 73.7 Å². The van der Waals surface area contributed by atoms with Crippen molar-refractivity contribution >= 4 is 22.3 Å². The fraction of sp³-hybridized carbons (Fsp3) is 0.310. The Kier molecular flexibility index (Phi) is 6.45. The summed E-state index contributed by atoms with van der Waals surface area (Å²) in [5.74, 6) is 1.59. The van der Waals surface area contributed by atoms with Crippen LogP contribution in [0.3, 0.4) is 0 Å². The lowest BCUT2D eigenvalue weighted by Crippen LogP contribution is -2.28. The second-order valence-electron chi connectivity index (χ2n) is 9.63. The molecule has 3 heterocycles. The molecule has 1 fully saturated rings. The van der Waals surface area contributed by atoms with Crippen molar-refractivity contribution < 1.29 is 0 Å². The minimum atomic E-state index is 0.346. The van der Waals surface area contributed by atoms with Crippen LogP contribution in [0.2, 0.25) is 0 Å². The molecule has 0 radical (unpaired) electrons. The molecular weight excluding hydrogens is 418 g/mol. The predicted octanol–water partition coefficient (Wildman–Crippen LogP) is 6.30. The van der Waals surface area contributed by atoms with Crippen LogP contribution in [0.4, 0.5) is 5.82 Å². The van der Waals surface area contributed by atoms with Crippen LogP contribution in [-0.2, 0) is 6.42 Å². The number of hydrogen-bond donors (Lipinski definition) is 2. The maximum absolute atomic E-state index is 4.60. The topological polar surface area (TPSA) is 54.8 Å². The van der Waals surface area contributed by atoms with Crippen molar-refractivity contribution in [2.75, 3.05) is 18.4 Å². The van der Waals surface area contributed by atoms with Crippen LogP contribution in [0.5, 0.6) is 0 Å². The molecule has 5 nitrogen and oxygen atoms in total. The quantitative estimate of drug-likeness (QED) is 0.346. The van der Waals surface area contributed by atoms with Gasteiger partial charge in [-0.05, 0) is 86.3 Å². The zero-order valence-corrected chi connectivity index (χ0v) is 20.1. The van der Waals surface area contributed by atoms with Gasteiger partial charge in [-0.3, -0.25) is 4.68 Å². The van der Waals surface area contributed by atoms with E-state index in [1.165, 1.54) is 18.4 Å². The molecule has 1 aliphatic rings. The molecule has 1 aliphatic heterocycles. The summed E-state index contributed by atoms with van der Waals surface area (Å²) in [6.07, 6.45) is 9.64. The summed E-state index contributed by atoms with van der Waals surface area (Å²) < 4.78 is 1.99. The van der Waals surface area contributed by atoms with Crippen molar-refractivity contribution in [2.24, 2.45) is 5.92 Å². The van der Waals surface area contributed by atoms with Crippen molar-refractivity contribution in [3.63, 3.8) is 0 Å². The Labute approximate surface area is 201 Å². The van der Waals surface area contributed by atoms with Crippen LogP contribution < -0.4 is 10.6 Å². The normalized spacial score (nSPS) is 14.6. The van der Waals surface area contributed by atoms with Gasteiger partial charge in [0, 0.05) is 35.1 Å². The number of hydrogen-bond acceptors (Lipinski definition) is 4. The standard InChI is InChI=1S/C29H33N5/c1-20(2)34-19-28(18-32-34)25-8-9-26-17-31-29(16-27(26)15-25)33-21(3)24-6-4-22(5-7-24)14-23-10-12-30-13-11-23/h4-9,15-20,23,30H,3,10-14H2,1-2H3,(H,31,33). The number of pyridine rings is 1. The summed E-state index contributed by atoms with van der Waals surface area (Å²) in [5.41, 5.74) is 5.62. The van der Waals surface area contributed by atoms with Gasteiger partial charge in [0.15, 0.2) is 0 Å². The first-order valence-corrected chi connectivity index (χ1v) is 12.3. The van der Waals surface area contributed by atoms with Crippen LogP contribution in [-0.4, -0.2) is 27.9 Å². The van der Waals surface area contributed by atoms with Gasteiger partial charge >= 0.3 is 0 Å². The highest BCUT2D eigenvalue weighted by Gasteiger charge is 2.13. The lowest BCUT2D eigenvalue weighted by molar-refractivity contribution is 0.372. The van der Waals surface area contributed by atoms with Gasteiger partial charge in [-0.25, -0.2) is 4.98 Å². The first-order valence-electron chi connectivity index (χ1n) is 12.3. The summed E-state index contributed by atoms with van der Waals surface area (Å²) in [4.78, 5) is 4.60. The number of benzene rings is 2. The second kappa shape index (κ2) is 9.82. The Balaban J connectivity index is 1.29. The molecule has 5 rings (SSSR count). The molecule has 2 N–H and O–H groups in total. The van der Waals surface area contributed by atoms with E-state index in [-0.39, 0.29) is 0 Å². The van der Waals surface area contributed by atoms with Crippen LogP contribution >= 0.6 is 0 Å². The number of anilines is 1. The lowest BCUT2D eigenvalue weighted by Gasteiger charge is -2.22. The SMILES string of the molecule is C=C(Nc1cc2cc(-c3cnn(C(C)C)c3)ccc2cn1)c1ccc(CC2CCNCC2)cc1. The molecule has 2 aromatic heterocycles. The van der Waals surface area contributed by atoms with Crippen molar-refractivity contribution in [2.45, 2.75) is 39.2 Å². The molecule has 4 aromatic rings. The van der Waals surface area contributed by atoms with Crippen molar-refractivity contribution in [3.05, 3.63) is 84.8 Å². The number of fused-ring (bicyclic) bond motifs is 1. The van der Waals surface area contributed by atoms with E-state index in [4.69, 9.17) is 0 Å². The van der Waals surface area contributed by atoms with Crippen LogP contribution in [0.25, 0.3) is 27.6 Å². The Morgan fingerprint density at radius 2 is 1.82 bits per heavy atom. The molecule has 5 heteroatoms. The molecule has 0 spiro atoms. The molecule has 0 aliphatic carbocycles. The highest BCUT2D eigenvalue weighted by atomic mass is 15.3. The van der Waals surface area contributed by atoms with E-state index in [1.54, 1.807) is 0 Å². The maximum atomic E-state index is 4.60. The second-order valence-corrected chi connectivity index (χ2v) is 9.63. The average molecular weight is 452 g/mol. The van der Waals surface area contributed by atoms with Gasteiger partial charge in [0.25, 0.3) is 0 Å². The first kappa shape index (κ1) is 22.4. The molecule has 0 unspecified atom stereocenters. The molecule has 0 bridgehead atoms. The van der Waals surface area contributed by atoms with Crippen molar-refractivity contribution in [3.8, 4) is 11.1 Å². The van der Waals surface area contributed by atoms with Gasteiger partial charge in [-0.2, -0.15) is 5.10 Å². The van der Waals surface area contributed by atoms with Crippen molar-refractivity contribution in [1.82, 2.24) is 20.1 Å². The van der Waals surface area contributed by atoms with Gasteiger partial charge in [-0.1, -0.05) is 43.0 Å². The van der Waals surface area contributed by atoms with E-state index < -0.39 is 0 Å². The molecule has 1 saturated heterocycles. The largest absolute Gasteiger partial charge is 0.340 e. The van der Waals surface area contributed by atoms with E-state index in [1.807, 2.05) is 17.1 Å². The van der Waals surface area contributed by atoms with Gasteiger partial charge < -0.3 is 10.6 Å². The number of piperidine rings is 1. The van der Waals surface area contributed by atoms with Crippen LogP contribution in [0, 0.1) is 5.92 Å². The number of rotatable bonds is 7. The van der Waals surface area contributed by atoms with Crippen LogP contribution in [0.1, 0.15) is 43.9 Å². The minimum absolute atomic E-state index is 0.346. The molecular formula is C29H33N5.